The van der Waals surface area contributed by atoms with Crippen LogP contribution in [-0.4, -0.2) is 54.3 Å². The molecule has 0 unspecified atom stereocenters. The summed E-state index contributed by atoms with van der Waals surface area (Å²) in [6.07, 6.45) is 12.8. The molecule has 0 aromatic heterocycles. The van der Waals surface area contributed by atoms with Gasteiger partial charge < -0.3 is 23.1 Å². The van der Waals surface area contributed by atoms with Crippen LogP contribution < -0.4 is 0 Å². The van der Waals surface area contributed by atoms with Gasteiger partial charge >= 0.3 is 14.7 Å². The third-order valence-electron chi connectivity index (χ3n) is 4.76. The van der Waals surface area contributed by atoms with Crippen LogP contribution in [0.4, 0.5) is 4.79 Å². The molecule has 0 spiro atoms. The van der Waals surface area contributed by atoms with Gasteiger partial charge in [-0.2, -0.15) is 0 Å². The van der Waals surface area contributed by atoms with E-state index in [0.29, 0.717) is 19.8 Å². The first-order chi connectivity index (χ1) is 14.2. The second kappa shape index (κ2) is 18.2. The molecule has 0 radical (unpaired) electrons. The smallest absolute Gasteiger partial charge is 0.436 e. The van der Waals surface area contributed by atoms with E-state index >= 15 is 0 Å². The first-order valence-electron chi connectivity index (χ1n) is 12.0. The maximum Gasteiger partial charge on any atom is 0.508 e. The molecule has 0 atom stereocenters. The molecule has 0 aromatic carbocycles. The summed E-state index contributed by atoms with van der Waals surface area (Å²) in [7, 11) is -4.30. The lowest BCUT2D eigenvalue weighted by Crippen LogP contribution is -2.44. The number of hydrogen-bond donors (Lipinski definition) is 1. The minimum Gasteiger partial charge on any atom is -0.436 e. The Morgan fingerprint density at radius 3 is 1.80 bits per heavy atom. The maximum absolute atomic E-state index is 11.5. The zero-order valence-corrected chi connectivity index (χ0v) is 22.3. The molecule has 1 N–H and O–H groups in total. The lowest BCUT2D eigenvalue weighted by atomic mass is 10.1. The highest BCUT2D eigenvalue weighted by atomic mass is 28.4. The van der Waals surface area contributed by atoms with Crippen LogP contribution in [0.15, 0.2) is 0 Å². The molecule has 0 fully saturated rings. The van der Waals surface area contributed by atoms with Crippen molar-refractivity contribution in [3.05, 3.63) is 0 Å². The van der Waals surface area contributed by atoms with Crippen molar-refractivity contribution in [3.63, 3.8) is 0 Å². The highest BCUT2D eigenvalue weighted by Crippen LogP contribution is 2.18. The molecule has 0 bridgehead atoms. The Morgan fingerprint density at radius 2 is 1.23 bits per heavy atom. The van der Waals surface area contributed by atoms with Crippen LogP contribution in [0.1, 0.15) is 77.6 Å². The molecule has 0 aliphatic carbocycles. The van der Waals surface area contributed by atoms with Gasteiger partial charge in [0.05, 0.1) is 13.2 Å². The molecule has 30 heavy (non-hydrogen) atoms. The number of unbranched alkanes of at least 4 members (excludes halogenated alkanes) is 9. The van der Waals surface area contributed by atoms with Gasteiger partial charge in [0, 0.05) is 6.61 Å². The molecular weight excluding hydrogens is 416 g/mol. The summed E-state index contributed by atoms with van der Waals surface area (Å²) in [5.74, 6) is 0. The van der Waals surface area contributed by atoms with Crippen molar-refractivity contribution >= 4 is 23.0 Å². The normalized spacial score (nSPS) is 12.2. The number of rotatable bonds is 20. The summed E-state index contributed by atoms with van der Waals surface area (Å²) in [6, 6.07) is 0.936. The minimum absolute atomic E-state index is 0.213. The molecule has 0 saturated heterocycles. The predicted octanol–water partition coefficient (Wildman–Crippen LogP) is 6.38. The first-order valence-corrected chi connectivity index (χ1v) is 17.9. The summed E-state index contributed by atoms with van der Waals surface area (Å²) in [4.78, 5) is 21.4. The van der Waals surface area contributed by atoms with Crippen LogP contribution in [0, 0.1) is 0 Å². The van der Waals surface area contributed by atoms with Crippen molar-refractivity contribution in [1.82, 2.24) is 0 Å². The van der Waals surface area contributed by atoms with E-state index < -0.39 is 23.0 Å². The summed E-state index contributed by atoms with van der Waals surface area (Å²) in [5, 5.41) is 0. The molecule has 0 amide bonds. The number of carbonyl (C=O) groups excluding carboxylic acids is 1. The van der Waals surface area contributed by atoms with Crippen molar-refractivity contribution in [2.24, 2.45) is 0 Å². The van der Waals surface area contributed by atoms with E-state index in [1.165, 1.54) is 51.4 Å². The van der Waals surface area contributed by atoms with Gasteiger partial charge in [0.1, 0.15) is 6.61 Å². The number of carbonyl (C=O) groups is 1. The third-order valence-corrected chi connectivity index (χ3v) is 10.5. The zero-order valence-electron chi connectivity index (χ0n) is 20.3. The highest BCUT2D eigenvalue weighted by molar-refractivity contribution is 6.81. The van der Waals surface area contributed by atoms with Crippen LogP contribution in [-0.2, 0) is 18.3 Å². The van der Waals surface area contributed by atoms with Crippen molar-refractivity contribution in [1.29, 1.82) is 0 Å². The second-order valence-corrected chi connectivity index (χ2v) is 16.9. The predicted molar refractivity (Wildman–Crippen MR) is 128 cm³/mol. The molecule has 0 rings (SSSR count). The fraction of sp³-hybridized carbons (Fsp3) is 0.955. The van der Waals surface area contributed by atoms with Crippen molar-refractivity contribution in [2.45, 2.75) is 110 Å². The lowest BCUT2D eigenvalue weighted by Gasteiger charge is -2.29. The molecular formula is C22H48O6Si2. The number of ether oxygens (including phenoxy) is 3. The molecule has 6 nitrogen and oxygen atoms in total. The van der Waals surface area contributed by atoms with Gasteiger partial charge in [-0.1, -0.05) is 64.7 Å². The van der Waals surface area contributed by atoms with Gasteiger partial charge in [-0.25, -0.2) is 4.79 Å². The molecule has 8 heteroatoms. The Balaban J connectivity index is 3.38. The molecule has 0 aliphatic rings. The maximum atomic E-state index is 11.5. The molecule has 0 aromatic rings. The molecule has 0 heterocycles. The largest absolute Gasteiger partial charge is 0.508 e. The van der Waals surface area contributed by atoms with Gasteiger partial charge in [0.15, 0.2) is 8.32 Å². The van der Waals surface area contributed by atoms with E-state index in [0.717, 1.165) is 25.3 Å². The Hall–Kier alpha value is -0.416. The average Bonchev–Trinajstić information content (AvgIpc) is 2.63. The monoisotopic (exact) mass is 464 g/mol. The lowest BCUT2D eigenvalue weighted by molar-refractivity contribution is 0.0265. The van der Waals surface area contributed by atoms with Gasteiger partial charge in [-0.3, -0.25) is 0 Å². The van der Waals surface area contributed by atoms with E-state index in [-0.39, 0.29) is 6.61 Å². The van der Waals surface area contributed by atoms with Crippen LogP contribution in [0.2, 0.25) is 32.2 Å². The molecule has 180 valence electrons. The number of hydrogen-bond acceptors (Lipinski definition) is 6. The molecule has 0 saturated carbocycles. The van der Waals surface area contributed by atoms with Crippen LogP contribution >= 0.6 is 0 Å². The topological polar surface area (TPSA) is 74.2 Å². The van der Waals surface area contributed by atoms with Crippen molar-refractivity contribution in [3.8, 4) is 0 Å². The summed E-state index contributed by atoms with van der Waals surface area (Å²) < 4.78 is 21.5. The summed E-state index contributed by atoms with van der Waals surface area (Å²) in [6.45, 7) is 11.7. The quantitative estimate of drug-likeness (QED) is 0.128. The van der Waals surface area contributed by atoms with Crippen LogP contribution in [0.3, 0.4) is 0 Å². The third kappa shape index (κ3) is 22.3. The van der Waals surface area contributed by atoms with E-state index in [2.05, 4.69) is 20.0 Å². The van der Waals surface area contributed by atoms with Gasteiger partial charge in [0.2, 0.25) is 0 Å². The van der Waals surface area contributed by atoms with Gasteiger partial charge in [-0.05, 0) is 45.1 Å². The van der Waals surface area contributed by atoms with Crippen molar-refractivity contribution in [2.75, 3.05) is 26.4 Å². The van der Waals surface area contributed by atoms with Gasteiger partial charge in [-0.15, -0.1) is 0 Å². The fourth-order valence-corrected chi connectivity index (χ4v) is 10.2. The summed E-state index contributed by atoms with van der Waals surface area (Å²) >= 11 is 0. The fourth-order valence-electron chi connectivity index (χ4n) is 3.40. The average molecular weight is 465 g/mol. The Kier molecular flexibility index (Phi) is 17.9. The Morgan fingerprint density at radius 1 is 0.700 bits per heavy atom. The highest BCUT2D eigenvalue weighted by Gasteiger charge is 2.31. The van der Waals surface area contributed by atoms with E-state index in [1.807, 2.05) is 0 Å². The molecule has 0 aliphatic heterocycles. The zero-order chi connectivity index (χ0) is 22.7. The standard InChI is InChI=1S/C22H48O6Si2/c1-6-7-8-9-10-11-12-13-14-15-18-26-22(23)27-20-19-25-17-16-21-29(2,3)28-30(4,5)24/h24H,6-21H2,1-5H3. The van der Waals surface area contributed by atoms with Crippen molar-refractivity contribution < 1.29 is 27.9 Å². The van der Waals surface area contributed by atoms with E-state index in [9.17, 15) is 9.59 Å². The van der Waals surface area contributed by atoms with Crippen LogP contribution in [0.25, 0.3) is 0 Å². The Bertz CT molecular complexity index is 413. The minimum atomic E-state index is -2.47. The first kappa shape index (κ1) is 29.6. The van der Waals surface area contributed by atoms with E-state index in [1.54, 1.807) is 13.1 Å². The Labute approximate surface area is 187 Å². The van der Waals surface area contributed by atoms with Gasteiger partial charge in [0.25, 0.3) is 0 Å². The summed E-state index contributed by atoms with van der Waals surface area (Å²) in [5.41, 5.74) is 0. The SMILES string of the molecule is CCCCCCCCCCCCOC(=O)OCCOCCC[Si](C)(C)O[Si](C)(C)O. The van der Waals surface area contributed by atoms with Crippen LogP contribution in [0.5, 0.6) is 0 Å². The second-order valence-electron chi connectivity index (χ2n) is 9.15. The van der Waals surface area contributed by atoms with E-state index in [4.69, 9.17) is 18.3 Å².